The molecule has 1 amide bonds. The Balaban J connectivity index is 1.32. The SMILES string of the molecule is COc1cc(N2CCC(C)CC2)ccc1Nc1ncc2c(n1)N(Cc1ccccc1)C(=O)C(c1ccccc1OC)O2. The molecular formula is C33H35N5O4. The van der Waals surface area contributed by atoms with Crippen molar-refractivity contribution in [3.05, 3.63) is 90.1 Å². The number of rotatable bonds is 8. The minimum Gasteiger partial charge on any atom is -0.496 e. The Kier molecular flexibility index (Phi) is 7.81. The summed E-state index contributed by atoms with van der Waals surface area (Å²) in [6.07, 6.45) is 3.07. The molecule has 2 aliphatic rings. The average molecular weight is 566 g/mol. The fourth-order valence-corrected chi connectivity index (χ4v) is 5.49. The summed E-state index contributed by atoms with van der Waals surface area (Å²) >= 11 is 0. The van der Waals surface area contributed by atoms with E-state index in [0.29, 0.717) is 41.1 Å². The number of aromatic nitrogens is 2. The van der Waals surface area contributed by atoms with Crippen LogP contribution in [0.2, 0.25) is 0 Å². The van der Waals surface area contributed by atoms with Crippen LogP contribution in [-0.4, -0.2) is 43.2 Å². The minimum atomic E-state index is -0.898. The highest BCUT2D eigenvalue weighted by Crippen LogP contribution is 2.41. The molecule has 0 saturated carbocycles. The molecule has 0 spiro atoms. The van der Waals surface area contributed by atoms with Crippen molar-refractivity contribution in [1.29, 1.82) is 0 Å². The predicted octanol–water partition coefficient (Wildman–Crippen LogP) is 6.14. The van der Waals surface area contributed by atoms with Crippen LogP contribution in [0.1, 0.15) is 37.0 Å². The number of anilines is 4. The number of benzene rings is 3. The summed E-state index contributed by atoms with van der Waals surface area (Å²) in [6, 6.07) is 23.3. The van der Waals surface area contributed by atoms with Crippen LogP contribution >= 0.6 is 0 Å². The summed E-state index contributed by atoms with van der Waals surface area (Å²) in [5.74, 6) is 2.92. The van der Waals surface area contributed by atoms with E-state index >= 15 is 0 Å². The zero-order chi connectivity index (χ0) is 29.1. The lowest BCUT2D eigenvalue weighted by Crippen LogP contribution is -2.41. The number of hydrogen-bond acceptors (Lipinski definition) is 8. The zero-order valence-electron chi connectivity index (χ0n) is 24.1. The summed E-state index contributed by atoms with van der Waals surface area (Å²) in [4.78, 5) is 27.3. The maximum atomic E-state index is 14.0. The Morgan fingerprint density at radius 1 is 0.952 bits per heavy atom. The first-order chi connectivity index (χ1) is 20.5. The van der Waals surface area contributed by atoms with Gasteiger partial charge in [-0.2, -0.15) is 4.98 Å². The molecule has 1 fully saturated rings. The minimum absolute atomic E-state index is 0.238. The van der Waals surface area contributed by atoms with Gasteiger partial charge in [0.25, 0.3) is 5.91 Å². The summed E-state index contributed by atoms with van der Waals surface area (Å²) < 4.78 is 17.5. The van der Waals surface area contributed by atoms with Crippen LogP contribution in [-0.2, 0) is 11.3 Å². The number of carbonyl (C=O) groups is 1. The molecule has 1 saturated heterocycles. The van der Waals surface area contributed by atoms with E-state index in [9.17, 15) is 4.79 Å². The Morgan fingerprint density at radius 2 is 1.69 bits per heavy atom. The molecule has 3 aromatic carbocycles. The summed E-state index contributed by atoms with van der Waals surface area (Å²) in [5.41, 5.74) is 3.47. The molecule has 9 nitrogen and oxygen atoms in total. The summed E-state index contributed by atoms with van der Waals surface area (Å²) in [7, 11) is 3.24. The van der Waals surface area contributed by atoms with Gasteiger partial charge in [-0.3, -0.25) is 9.69 Å². The monoisotopic (exact) mass is 565 g/mol. The molecule has 42 heavy (non-hydrogen) atoms. The third-order valence-corrected chi connectivity index (χ3v) is 7.91. The van der Waals surface area contributed by atoms with E-state index in [4.69, 9.17) is 19.2 Å². The molecule has 216 valence electrons. The number of carbonyl (C=O) groups excluding carboxylic acids is 1. The van der Waals surface area contributed by atoms with Crippen molar-refractivity contribution in [2.75, 3.05) is 42.4 Å². The number of fused-ring (bicyclic) bond motifs is 1. The van der Waals surface area contributed by atoms with E-state index in [2.05, 4.69) is 28.2 Å². The highest BCUT2D eigenvalue weighted by atomic mass is 16.5. The second kappa shape index (κ2) is 12.0. The first-order valence-corrected chi connectivity index (χ1v) is 14.3. The Bertz CT molecular complexity index is 1560. The smallest absolute Gasteiger partial charge is 0.274 e. The number of ether oxygens (including phenoxy) is 3. The van der Waals surface area contributed by atoms with Gasteiger partial charge in [0.1, 0.15) is 11.5 Å². The molecule has 3 heterocycles. The van der Waals surface area contributed by atoms with Crippen LogP contribution in [0.5, 0.6) is 17.2 Å². The second-order valence-electron chi connectivity index (χ2n) is 10.7. The van der Waals surface area contributed by atoms with Gasteiger partial charge in [0.15, 0.2) is 11.6 Å². The lowest BCUT2D eigenvalue weighted by atomic mass is 9.99. The number of nitrogens with zero attached hydrogens (tertiary/aromatic N) is 4. The lowest BCUT2D eigenvalue weighted by molar-refractivity contribution is -0.127. The number of amides is 1. The fourth-order valence-electron chi connectivity index (χ4n) is 5.49. The zero-order valence-corrected chi connectivity index (χ0v) is 24.1. The maximum absolute atomic E-state index is 14.0. The van der Waals surface area contributed by atoms with Crippen molar-refractivity contribution >= 4 is 29.0 Å². The third-order valence-electron chi connectivity index (χ3n) is 7.91. The van der Waals surface area contributed by atoms with Gasteiger partial charge in [-0.1, -0.05) is 55.5 Å². The number of hydrogen-bond donors (Lipinski definition) is 1. The highest BCUT2D eigenvalue weighted by Gasteiger charge is 2.38. The first-order valence-electron chi connectivity index (χ1n) is 14.3. The van der Waals surface area contributed by atoms with Gasteiger partial charge in [-0.05, 0) is 42.5 Å². The molecule has 9 heteroatoms. The van der Waals surface area contributed by atoms with Crippen LogP contribution in [0.25, 0.3) is 0 Å². The van der Waals surface area contributed by atoms with Gasteiger partial charge in [0.05, 0.1) is 32.6 Å². The van der Waals surface area contributed by atoms with E-state index < -0.39 is 6.10 Å². The molecule has 1 atom stereocenters. The van der Waals surface area contributed by atoms with Crippen molar-refractivity contribution < 1.29 is 19.0 Å². The molecule has 0 radical (unpaired) electrons. The van der Waals surface area contributed by atoms with Crippen LogP contribution in [0.4, 0.5) is 23.1 Å². The molecule has 1 N–H and O–H groups in total. The van der Waals surface area contributed by atoms with Crippen LogP contribution in [0.3, 0.4) is 0 Å². The van der Waals surface area contributed by atoms with Crippen LogP contribution < -0.4 is 29.3 Å². The van der Waals surface area contributed by atoms with Crippen molar-refractivity contribution in [3.8, 4) is 17.2 Å². The lowest BCUT2D eigenvalue weighted by Gasteiger charge is -2.34. The number of piperidine rings is 1. The van der Waals surface area contributed by atoms with Gasteiger partial charge in [-0.25, -0.2) is 4.98 Å². The van der Waals surface area contributed by atoms with E-state index in [1.807, 2.05) is 66.7 Å². The fraction of sp³-hybridized carbons (Fsp3) is 0.303. The van der Waals surface area contributed by atoms with Crippen LogP contribution in [0.15, 0.2) is 79.0 Å². The molecule has 6 rings (SSSR count). The van der Waals surface area contributed by atoms with Gasteiger partial charge in [0.2, 0.25) is 12.1 Å². The molecule has 4 aromatic rings. The topological polar surface area (TPSA) is 89.1 Å². The van der Waals surface area contributed by atoms with E-state index in [1.54, 1.807) is 25.3 Å². The van der Waals surface area contributed by atoms with Gasteiger partial charge in [-0.15, -0.1) is 0 Å². The van der Waals surface area contributed by atoms with Gasteiger partial charge >= 0.3 is 0 Å². The largest absolute Gasteiger partial charge is 0.496 e. The highest BCUT2D eigenvalue weighted by molar-refractivity contribution is 6.00. The molecule has 1 aromatic heterocycles. The Labute approximate surface area is 246 Å². The van der Waals surface area contributed by atoms with Crippen molar-refractivity contribution in [1.82, 2.24) is 9.97 Å². The van der Waals surface area contributed by atoms with Crippen molar-refractivity contribution in [2.45, 2.75) is 32.4 Å². The van der Waals surface area contributed by atoms with E-state index in [1.165, 1.54) is 12.8 Å². The van der Waals surface area contributed by atoms with E-state index in [-0.39, 0.29) is 5.91 Å². The van der Waals surface area contributed by atoms with Crippen LogP contribution in [0, 0.1) is 5.92 Å². The van der Waals surface area contributed by atoms with E-state index in [0.717, 1.165) is 35.9 Å². The molecule has 0 aliphatic carbocycles. The standard InChI is InChI=1S/C33H35N5O4/c1-22-15-17-37(18-16-22)24-13-14-26(28(19-24)41-3)35-33-34-20-29-31(36-33)38(21-23-9-5-4-6-10-23)32(39)30(42-29)25-11-7-8-12-27(25)40-2/h4-14,19-20,22,30H,15-18,21H2,1-3H3,(H,34,35,36). The van der Waals surface area contributed by atoms with Gasteiger partial charge in [0, 0.05) is 30.4 Å². The van der Waals surface area contributed by atoms with Gasteiger partial charge < -0.3 is 24.4 Å². The Morgan fingerprint density at radius 3 is 2.45 bits per heavy atom. The summed E-state index contributed by atoms with van der Waals surface area (Å²) in [5, 5.41) is 3.29. The molecule has 2 aliphatic heterocycles. The molecular weight excluding hydrogens is 530 g/mol. The number of methoxy groups -OCH3 is 2. The molecule has 0 bridgehead atoms. The summed E-state index contributed by atoms with van der Waals surface area (Å²) in [6.45, 7) is 4.70. The number of nitrogens with one attached hydrogen (secondary N) is 1. The third kappa shape index (κ3) is 5.54. The Hall–Kier alpha value is -4.79. The van der Waals surface area contributed by atoms with Crippen molar-refractivity contribution in [3.63, 3.8) is 0 Å². The van der Waals surface area contributed by atoms with Crippen molar-refractivity contribution in [2.24, 2.45) is 5.92 Å². The average Bonchev–Trinajstić information content (AvgIpc) is 3.03. The maximum Gasteiger partial charge on any atom is 0.274 e. The molecule has 1 unspecified atom stereocenters. The predicted molar refractivity (Wildman–Crippen MR) is 163 cm³/mol. The first kappa shape index (κ1) is 27.4. The number of para-hydroxylation sites is 1. The quantitative estimate of drug-likeness (QED) is 0.273. The normalized spacial score (nSPS) is 16.9. The second-order valence-corrected chi connectivity index (χ2v) is 10.7.